The van der Waals surface area contributed by atoms with Crippen LogP contribution in [-0.4, -0.2) is 39.4 Å². The Kier molecular flexibility index (Phi) is 6.17. The normalized spacial score (nSPS) is 19.4. The number of benzene rings is 1. The van der Waals surface area contributed by atoms with Crippen LogP contribution in [0.3, 0.4) is 0 Å². The fraction of sp³-hybridized carbons (Fsp3) is 0.389. The third-order valence-electron chi connectivity index (χ3n) is 4.38. The van der Waals surface area contributed by atoms with E-state index in [1.165, 1.54) is 24.3 Å². The summed E-state index contributed by atoms with van der Waals surface area (Å²) < 4.78 is 48.1. The van der Waals surface area contributed by atoms with Crippen LogP contribution in [0.25, 0.3) is 0 Å². The number of hydrogen-bond acceptors (Lipinski definition) is 5. The SMILES string of the molecule is Cc1cnc(N2CC[C@@H](S(C)(=O)=Nc3ccc(OC(F)(F)Cl)cc3)C2)c(Br)c1. The maximum atomic E-state index is 13.2. The molecule has 0 saturated carbocycles. The van der Waals surface area contributed by atoms with Crippen molar-refractivity contribution in [3.63, 3.8) is 0 Å². The topological polar surface area (TPSA) is 54.8 Å². The molecule has 10 heteroatoms. The Morgan fingerprint density at radius 3 is 2.68 bits per heavy atom. The molecule has 3 rings (SSSR count). The van der Waals surface area contributed by atoms with Crippen LogP contribution in [0.1, 0.15) is 12.0 Å². The highest BCUT2D eigenvalue weighted by Crippen LogP contribution is 2.31. The van der Waals surface area contributed by atoms with E-state index in [0.717, 1.165) is 28.8 Å². The second kappa shape index (κ2) is 8.12. The molecule has 2 atom stereocenters. The summed E-state index contributed by atoms with van der Waals surface area (Å²) in [6, 6.07) is 7.59. The van der Waals surface area contributed by atoms with Gasteiger partial charge in [-0.25, -0.2) is 9.19 Å². The zero-order chi connectivity index (χ0) is 20.5. The Labute approximate surface area is 176 Å². The predicted octanol–water partition coefficient (Wildman–Crippen LogP) is 5.33. The third-order valence-corrected chi connectivity index (χ3v) is 7.23. The van der Waals surface area contributed by atoms with E-state index in [4.69, 9.17) is 11.6 Å². The number of hydrogen-bond donors (Lipinski definition) is 0. The maximum Gasteiger partial charge on any atom is 0.487 e. The van der Waals surface area contributed by atoms with Crippen LogP contribution < -0.4 is 9.64 Å². The molecule has 1 saturated heterocycles. The average Bonchev–Trinajstić information content (AvgIpc) is 3.06. The van der Waals surface area contributed by atoms with Gasteiger partial charge in [0.1, 0.15) is 11.6 Å². The number of alkyl halides is 3. The molecule has 2 heterocycles. The van der Waals surface area contributed by atoms with Gasteiger partial charge in [-0.2, -0.15) is 4.36 Å². The van der Waals surface area contributed by atoms with E-state index in [2.05, 4.69) is 34.9 Å². The number of nitrogens with zero attached hydrogens (tertiary/aromatic N) is 3. The number of ether oxygens (including phenoxy) is 1. The van der Waals surface area contributed by atoms with Gasteiger partial charge in [-0.1, -0.05) is 0 Å². The van der Waals surface area contributed by atoms with E-state index in [-0.39, 0.29) is 11.0 Å². The van der Waals surface area contributed by atoms with Crippen LogP contribution >= 0.6 is 27.5 Å². The molecule has 1 fully saturated rings. The minimum absolute atomic E-state index is 0.0936. The highest BCUT2D eigenvalue weighted by atomic mass is 79.9. The zero-order valence-corrected chi connectivity index (χ0v) is 18.4. The van der Waals surface area contributed by atoms with Gasteiger partial charge < -0.3 is 9.64 Å². The minimum atomic E-state index is -3.78. The van der Waals surface area contributed by atoms with E-state index in [1.54, 1.807) is 12.5 Å². The molecule has 28 heavy (non-hydrogen) atoms. The highest BCUT2D eigenvalue weighted by Gasteiger charge is 2.31. The molecular formula is C18H19BrClF2N3O2S. The molecule has 0 spiro atoms. The molecule has 0 N–H and O–H groups in total. The fourth-order valence-corrected chi connectivity index (χ4v) is 5.52. The van der Waals surface area contributed by atoms with Crippen LogP contribution in [0.15, 0.2) is 45.4 Å². The first-order valence-corrected chi connectivity index (χ1v) is 11.6. The number of anilines is 1. The molecule has 1 aliphatic heterocycles. The van der Waals surface area contributed by atoms with E-state index in [0.29, 0.717) is 12.2 Å². The van der Waals surface area contributed by atoms with Gasteiger partial charge in [0.05, 0.1) is 25.1 Å². The number of pyridine rings is 1. The van der Waals surface area contributed by atoms with Crippen LogP contribution in [0.2, 0.25) is 0 Å². The first kappa shape index (κ1) is 21.3. The largest absolute Gasteiger partial charge is 0.487 e. The van der Waals surface area contributed by atoms with Gasteiger partial charge >= 0.3 is 5.57 Å². The van der Waals surface area contributed by atoms with Gasteiger partial charge in [-0.05, 0) is 65.2 Å². The lowest BCUT2D eigenvalue weighted by Crippen LogP contribution is -2.26. The first-order valence-electron chi connectivity index (χ1n) is 8.47. The molecule has 0 amide bonds. The maximum absolute atomic E-state index is 13.2. The summed E-state index contributed by atoms with van der Waals surface area (Å²) in [6.45, 7) is 3.28. The summed E-state index contributed by atoms with van der Waals surface area (Å²) >= 11 is 8.28. The molecule has 0 aliphatic carbocycles. The number of aryl methyl sites for hydroxylation is 1. The highest BCUT2D eigenvalue weighted by molar-refractivity contribution is 9.10. The van der Waals surface area contributed by atoms with Gasteiger partial charge in [0.15, 0.2) is 0 Å². The Morgan fingerprint density at radius 1 is 1.39 bits per heavy atom. The van der Waals surface area contributed by atoms with Crippen molar-refractivity contribution in [1.82, 2.24) is 4.98 Å². The molecule has 1 aromatic carbocycles. The fourth-order valence-electron chi connectivity index (χ4n) is 3.03. The van der Waals surface area contributed by atoms with Crippen molar-refractivity contribution < 1.29 is 17.7 Å². The monoisotopic (exact) mass is 493 g/mol. The predicted molar refractivity (Wildman–Crippen MR) is 111 cm³/mol. The summed E-state index contributed by atoms with van der Waals surface area (Å²) in [5, 5.41) is -0.134. The first-order chi connectivity index (χ1) is 13.0. The summed E-state index contributed by atoms with van der Waals surface area (Å²) in [7, 11) is -2.55. The molecule has 5 nitrogen and oxygen atoms in total. The van der Waals surface area contributed by atoms with E-state index in [1.807, 2.05) is 13.0 Å². The van der Waals surface area contributed by atoms with Crippen molar-refractivity contribution in [2.45, 2.75) is 24.2 Å². The van der Waals surface area contributed by atoms with Gasteiger partial charge in [-0.3, -0.25) is 0 Å². The van der Waals surface area contributed by atoms with Gasteiger partial charge in [0.2, 0.25) is 0 Å². The molecule has 0 bridgehead atoms. The summed E-state index contributed by atoms with van der Waals surface area (Å²) in [6.07, 6.45) is 4.14. The number of rotatable bonds is 5. The quantitative estimate of drug-likeness (QED) is 0.527. The lowest BCUT2D eigenvalue weighted by Gasteiger charge is -2.19. The molecule has 2 aromatic rings. The molecule has 1 aromatic heterocycles. The Bertz CT molecular complexity index is 976. The molecule has 1 unspecified atom stereocenters. The van der Waals surface area contributed by atoms with Crippen LogP contribution in [0.5, 0.6) is 5.75 Å². The van der Waals surface area contributed by atoms with Crippen molar-refractivity contribution in [3.05, 3.63) is 46.6 Å². The molecule has 0 radical (unpaired) electrons. The van der Waals surface area contributed by atoms with Crippen molar-refractivity contribution in [2.75, 3.05) is 24.2 Å². The summed E-state index contributed by atoms with van der Waals surface area (Å²) in [5.74, 6) is 0.732. The average molecular weight is 495 g/mol. The van der Waals surface area contributed by atoms with E-state index < -0.39 is 15.3 Å². The Morgan fingerprint density at radius 2 is 2.07 bits per heavy atom. The van der Waals surface area contributed by atoms with Crippen molar-refractivity contribution >= 4 is 48.8 Å². The van der Waals surface area contributed by atoms with Crippen molar-refractivity contribution in [2.24, 2.45) is 4.36 Å². The van der Waals surface area contributed by atoms with Crippen molar-refractivity contribution in [3.8, 4) is 5.75 Å². The molecule has 1 aliphatic rings. The van der Waals surface area contributed by atoms with Crippen LogP contribution in [-0.2, 0) is 9.73 Å². The Hall–Kier alpha value is -1.45. The minimum Gasteiger partial charge on any atom is -0.420 e. The summed E-state index contributed by atoms with van der Waals surface area (Å²) in [5.41, 5.74) is -2.28. The van der Waals surface area contributed by atoms with Crippen LogP contribution in [0.4, 0.5) is 20.3 Å². The standard InChI is InChI=1S/C18H19BrClF2N3O2S/c1-12-9-16(19)17(23-10-12)25-8-7-15(11-25)28(2,26)24-13-3-5-14(6-4-13)27-18(20,21)22/h3-6,9-10,15H,7-8,11H2,1-2H3/t15-,28?/m1/s1. The second-order valence-corrected chi connectivity index (χ2v) is 10.5. The lowest BCUT2D eigenvalue weighted by atomic mass is 10.3. The van der Waals surface area contributed by atoms with Crippen molar-refractivity contribution in [1.29, 1.82) is 0 Å². The second-order valence-electron chi connectivity index (χ2n) is 6.67. The smallest absolute Gasteiger partial charge is 0.420 e. The molecule has 152 valence electrons. The third kappa shape index (κ3) is 5.33. The lowest BCUT2D eigenvalue weighted by molar-refractivity contribution is -0.0964. The zero-order valence-electron chi connectivity index (χ0n) is 15.2. The van der Waals surface area contributed by atoms with Gasteiger partial charge in [0.25, 0.3) is 0 Å². The summed E-state index contributed by atoms with van der Waals surface area (Å²) in [4.78, 5) is 6.56. The number of aromatic nitrogens is 1. The van der Waals surface area contributed by atoms with E-state index in [9.17, 15) is 13.0 Å². The van der Waals surface area contributed by atoms with Gasteiger partial charge in [-0.15, -0.1) is 8.78 Å². The Balaban J connectivity index is 1.75. The van der Waals surface area contributed by atoms with Gasteiger partial charge in [0, 0.05) is 37.1 Å². The molecular weight excluding hydrogens is 476 g/mol. The van der Waals surface area contributed by atoms with E-state index >= 15 is 0 Å². The number of halogens is 4. The van der Waals surface area contributed by atoms with Crippen LogP contribution in [0, 0.1) is 6.92 Å².